The van der Waals surface area contributed by atoms with Gasteiger partial charge in [0.25, 0.3) is 5.91 Å². The summed E-state index contributed by atoms with van der Waals surface area (Å²) in [5.74, 6) is -1.23. The Morgan fingerprint density at radius 3 is 2.54 bits per heavy atom. The molecular weight excluding hydrogens is 352 g/mol. The van der Waals surface area contributed by atoms with Crippen LogP contribution in [0.4, 0.5) is 0 Å². The van der Waals surface area contributed by atoms with Crippen molar-refractivity contribution in [2.45, 2.75) is 56.0 Å². The fraction of sp³-hybridized carbons (Fsp3) is 0.526. The minimum absolute atomic E-state index is 0.0519. The maximum Gasteiger partial charge on any atom is 0.325 e. The molecule has 2 rings (SSSR count). The van der Waals surface area contributed by atoms with Crippen LogP contribution in [0, 0.1) is 0 Å². The van der Waals surface area contributed by atoms with Crippen LogP contribution < -0.4 is 5.32 Å². The summed E-state index contributed by atoms with van der Waals surface area (Å²) in [5.41, 5.74) is 0.388. The van der Waals surface area contributed by atoms with Gasteiger partial charge in [-0.2, -0.15) is 0 Å². The number of carbonyl (C=O) groups excluding carboxylic acids is 2. The first-order valence-corrected chi connectivity index (χ1v) is 9.90. The lowest BCUT2D eigenvalue weighted by atomic mass is 9.94. The molecule has 0 aromatic heterocycles. The van der Waals surface area contributed by atoms with E-state index >= 15 is 0 Å². The van der Waals surface area contributed by atoms with Crippen LogP contribution in [0.5, 0.6) is 0 Å². The van der Waals surface area contributed by atoms with E-state index in [1.807, 2.05) is 11.9 Å². The lowest BCUT2D eigenvalue weighted by Crippen LogP contribution is -2.39. The van der Waals surface area contributed by atoms with Crippen molar-refractivity contribution in [1.29, 1.82) is 0 Å². The summed E-state index contributed by atoms with van der Waals surface area (Å²) in [4.78, 5) is 38.2. The molecule has 0 heterocycles. The van der Waals surface area contributed by atoms with Crippen LogP contribution in [0.2, 0.25) is 0 Å². The quantitative estimate of drug-likeness (QED) is 0.713. The second-order valence-corrected chi connectivity index (χ2v) is 7.63. The molecule has 1 aliphatic rings. The molecule has 142 valence electrons. The van der Waals surface area contributed by atoms with E-state index in [9.17, 15) is 14.4 Å². The first-order valence-electron chi connectivity index (χ1n) is 8.91. The summed E-state index contributed by atoms with van der Waals surface area (Å²) in [7, 11) is 1.85. The predicted octanol–water partition coefficient (Wildman–Crippen LogP) is 2.77. The molecule has 0 spiro atoms. The number of hydrogen-bond donors (Lipinski definition) is 2. The van der Waals surface area contributed by atoms with Crippen LogP contribution in [0.1, 0.15) is 49.4 Å². The van der Waals surface area contributed by atoms with E-state index in [0.717, 1.165) is 12.8 Å². The molecule has 0 saturated heterocycles. The number of nitrogens with one attached hydrogen (secondary N) is 1. The topological polar surface area (TPSA) is 86.7 Å². The normalized spacial score (nSPS) is 15.9. The van der Waals surface area contributed by atoms with E-state index in [0.29, 0.717) is 16.5 Å². The molecule has 2 amide bonds. The van der Waals surface area contributed by atoms with Crippen molar-refractivity contribution in [1.82, 2.24) is 10.2 Å². The van der Waals surface area contributed by atoms with Gasteiger partial charge in [-0.3, -0.25) is 14.4 Å². The van der Waals surface area contributed by atoms with Gasteiger partial charge in [0.1, 0.15) is 6.04 Å². The van der Waals surface area contributed by atoms with Gasteiger partial charge in [-0.25, -0.2) is 0 Å². The average molecular weight is 378 g/mol. The van der Waals surface area contributed by atoms with E-state index < -0.39 is 17.9 Å². The Balaban J connectivity index is 1.97. The zero-order chi connectivity index (χ0) is 19.1. The number of carboxylic acids is 1. The summed E-state index contributed by atoms with van der Waals surface area (Å²) >= 11 is 1.31. The zero-order valence-electron chi connectivity index (χ0n) is 15.2. The van der Waals surface area contributed by atoms with Crippen molar-refractivity contribution < 1.29 is 19.5 Å². The molecule has 0 bridgehead atoms. The molecule has 6 nitrogen and oxygen atoms in total. The van der Waals surface area contributed by atoms with Crippen molar-refractivity contribution in [3.05, 3.63) is 29.8 Å². The number of thioether (sulfide) groups is 1. The van der Waals surface area contributed by atoms with Crippen molar-refractivity contribution in [2.75, 3.05) is 12.8 Å². The third kappa shape index (κ3) is 5.49. The molecule has 26 heavy (non-hydrogen) atoms. The molecule has 1 unspecified atom stereocenters. The lowest BCUT2D eigenvalue weighted by molar-refractivity contribution is -0.138. The van der Waals surface area contributed by atoms with Gasteiger partial charge in [-0.15, -0.1) is 11.8 Å². The van der Waals surface area contributed by atoms with E-state index in [4.69, 9.17) is 5.11 Å². The Kier molecular flexibility index (Phi) is 7.50. The second kappa shape index (κ2) is 9.62. The number of carboxylic acid groups (broad SMARTS) is 1. The van der Waals surface area contributed by atoms with Crippen molar-refractivity contribution in [2.24, 2.45) is 0 Å². The highest BCUT2D eigenvalue weighted by atomic mass is 32.2. The Bertz CT molecular complexity index is 659. The highest BCUT2D eigenvalue weighted by molar-refractivity contribution is 8.00. The largest absolute Gasteiger partial charge is 0.480 e. The van der Waals surface area contributed by atoms with Gasteiger partial charge in [0.15, 0.2) is 0 Å². The Labute approximate surface area is 158 Å². The summed E-state index contributed by atoms with van der Waals surface area (Å²) in [6.07, 6.45) is 5.68. The summed E-state index contributed by atoms with van der Waals surface area (Å²) in [5, 5.41) is 11.4. The monoisotopic (exact) mass is 378 g/mol. The molecule has 1 aromatic rings. The van der Waals surface area contributed by atoms with E-state index in [-0.39, 0.29) is 11.7 Å². The van der Waals surface area contributed by atoms with E-state index in [1.54, 1.807) is 24.3 Å². The number of amides is 2. The number of rotatable bonds is 7. The number of benzene rings is 1. The summed E-state index contributed by atoms with van der Waals surface area (Å²) in [6, 6.07) is 6.28. The number of hydrogen-bond acceptors (Lipinski definition) is 4. The minimum atomic E-state index is -1.09. The zero-order valence-corrected chi connectivity index (χ0v) is 16.1. The molecule has 0 radical (unpaired) electrons. The van der Waals surface area contributed by atoms with Gasteiger partial charge in [0, 0.05) is 18.0 Å². The number of nitrogens with zero attached hydrogens (tertiary/aromatic N) is 1. The van der Waals surface area contributed by atoms with Gasteiger partial charge >= 0.3 is 5.97 Å². The number of aliphatic carboxylic acids is 1. The fourth-order valence-electron chi connectivity index (χ4n) is 3.03. The highest BCUT2D eigenvalue weighted by Gasteiger charge is 2.23. The number of carbonyl (C=O) groups is 3. The predicted molar refractivity (Wildman–Crippen MR) is 101 cm³/mol. The summed E-state index contributed by atoms with van der Waals surface area (Å²) < 4.78 is 0. The van der Waals surface area contributed by atoms with Crippen LogP contribution in [-0.2, 0) is 9.59 Å². The highest BCUT2D eigenvalue weighted by Crippen LogP contribution is 2.25. The molecule has 1 aliphatic carbocycles. The smallest absolute Gasteiger partial charge is 0.325 e. The fourth-order valence-corrected chi connectivity index (χ4v) is 4.00. The maximum absolute atomic E-state index is 12.5. The van der Waals surface area contributed by atoms with Gasteiger partial charge in [0.2, 0.25) is 5.91 Å². The lowest BCUT2D eigenvalue weighted by Gasteiger charge is -2.31. The third-order valence-electron chi connectivity index (χ3n) is 4.72. The SMILES string of the molecule is CC(NC(=O)c1ccccc1SCC(=O)N(C)C1CCCCC1)C(=O)O. The molecule has 1 saturated carbocycles. The molecule has 1 aromatic carbocycles. The molecule has 2 N–H and O–H groups in total. The van der Waals surface area contributed by atoms with Crippen molar-refractivity contribution in [3.63, 3.8) is 0 Å². The third-order valence-corrected chi connectivity index (χ3v) is 5.77. The summed E-state index contributed by atoms with van der Waals surface area (Å²) in [6.45, 7) is 1.42. The van der Waals surface area contributed by atoms with Gasteiger partial charge in [0.05, 0.1) is 11.3 Å². The van der Waals surface area contributed by atoms with Crippen LogP contribution in [0.15, 0.2) is 29.2 Å². The minimum Gasteiger partial charge on any atom is -0.480 e. The molecule has 1 fully saturated rings. The van der Waals surface area contributed by atoms with Crippen molar-refractivity contribution >= 4 is 29.5 Å². The van der Waals surface area contributed by atoms with Crippen LogP contribution in [0.25, 0.3) is 0 Å². The van der Waals surface area contributed by atoms with Crippen LogP contribution >= 0.6 is 11.8 Å². The Morgan fingerprint density at radius 1 is 1.23 bits per heavy atom. The molecule has 7 heteroatoms. The average Bonchev–Trinajstić information content (AvgIpc) is 2.66. The van der Waals surface area contributed by atoms with Crippen LogP contribution in [0.3, 0.4) is 0 Å². The first kappa shape index (κ1) is 20.3. The van der Waals surface area contributed by atoms with Gasteiger partial charge in [-0.05, 0) is 31.9 Å². The van der Waals surface area contributed by atoms with Crippen molar-refractivity contribution in [3.8, 4) is 0 Å². The van der Waals surface area contributed by atoms with E-state index in [2.05, 4.69) is 5.32 Å². The van der Waals surface area contributed by atoms with Gasteiger partial charge < -0.3 is 15.3 Å². The Morgan fingerprint density at radius 2 is 1.88 bits per heavy atom. The van der Waals surface area contributed by atoms with Gasteiger partial charge in [-0.1, -0.05) is 31.4 Å². The van der Waals surface area contributed by atoms with Crippen LogP contribution in [-0.4, -0.2) is 52.7 Å². The molecular formula is C19H26N2O4S. The molecule has 0 aliphatic heterocycles. The maximum atomic E-state index is 12.5. The Hall–Kier alpha value is -2.02. The molecule has 1 atom stereocenters. The van der Waals surface area contributed by atoms with E-state index in [1.165, 1.54) is 37.9 Å². The first-order chi connectivity index (χ1) is 12.4. The standard InChI is InChI=1S/C19H26N2O4S/c1-13(19(24)25)20-18(23)15-10-6-7-11-16(15)26-12-17(22)21(2)14-8-4-3-5-9-14/h6-7,10-11,13-14H,3-5,8-9,12H2,1-2H3,(H,20,23)(H,24,25). The second-order valence-electron chi connectivity index (χ2n) is 6.61.